The molecule has 4 N–H and O–H groups in total. The molecule has 0 spiro atoms. The zero-order valence-electron chi connectivity index (χ0n) is 20.6. The Kier molecular flexibility index (Phi) is 9.80. The summed E-state index contributed by atoms with van der Waals surface area (Å²) in [7, 11) is -4.17. The van der Waals surface area contributed by atoms with E-state index in [2.05, 4.69) is 28.5 Å². The second-order valence-corrected chi connectivity index (χ2v) is 10.5. The van der Waals surface area contributed by atoms with Gasteiger partial charge in [-0.1, -0.05) is 38.1 Å². The largest absolute Gasteiger partial charge is 0.478 e. The van der Waals surface area contributed by atoms with Gasteiger partial charge in [0.1, 0.15) is 6.61 Å². The fourth-order valence-electron chi connectivity index (χ4n) is 3.73. The van der Waals surface area contributed by atoms with Gasteiger partial charge in [0.25, 0.3) is 10.0 Å². The average Bonchev–Trinajstić information content (AvgIpc) is 2.77. The van der Waals surface area contributed by atoms with Crippen LogP contribution in [0, 0.1) is 19.8 Å². The predicted molar refractivity (Wildman–Crippen MR) is 141 cm³/mol. The lowest BCUT2D eigenvalue weighted by molar-refractivity contribution is 0.0696. The third kappa shape index (κ3) is 7.39. The van der Waals surface area contributed by atoms with E-state index >= 15 is 0 Å². The summed E-state index contributed by atoms with van der Waals surface area (Å²) in [6.07, 6.45) is 0.758. The number of nitrogens with two attached hydrogens (primary N) is 1. The monoisotopic (exact) mass is 534 g/mol. The molecule has 0 fully saturated rings. The van der Waals surface area contributed by atoms with E-state index in [1.54, 1.807) is 6.07 Å². The van der Waals surface area contributed by atoms with Crippen LogP contribution in [0.4, 0.5) is 5.95 Å². The normalized spacial score (nSPS) is 12.1. The maximum atomic E-state index is 13.0. The van der Waals surface area contributed by atoms with Gasteiger partial charge >= 0.3 is 5.97 Å². The van der Waals surface area contributed by atoms with Crippen LogP contribution < -0.4 is 15.2 Å². The number of rotatable bonds is 10. The van der Waals surface area contributed by atoms with E-state index < -0.39 is 16.0 Å². The minimum atomic E-state index is -4.17. The number of halogens is 1. The number of hydrogen-bond acceptors (Lipinski definition) is 7. The first-order valence-electron chi connectivity index (χ1n) is 11.2. The van der Waals surface area contributed by atoms with Crippen LogP contribution in [0.1, 0.15) is 41.8 Å². The Labute approximate surface area is 217 Å². The molecule has 0 aliphatic heterocycles. The first-order chi connectivity index (χ1) is 16.5. The summed E-state index contributed by atoms with van der Waals surface area (Å²) in [4.78, 5) is 19.7. The molecule has 1 atom stereocenters. The molecule has 0 saturated heterocycles. The average molecular weight is 535 g/mol. The Morgan fingerprint density at radius 3 is 2.33 bits per heavy atom. The molecule has 36 heavy (non-hydrogen) atoms. The van der Waals surface area contributed by atoms with Gasteiger partial charge in [-0.15, -0.1) is 12.4 Å². The van der Waals surface area contributed by atoms with E-state index in [1.807, 2.05) is 32.0 Å². The fraction of sp³-hybridized carbons (Fsp3) is 0.320. The highest BCUT2D eigenvalue weighted by Crippen LogP contribution is 2.29. The van der Waals surface area contributed by atoms with Crippen LogP contribution in [0.5, 0.6) is 5.88 Å². The fourth-order valence-corrected chi connectivity index (χ4v) is 4.72. The van der Waals surface area contributed by atoms with Crippen molar-refractivity contribution in [3.05, 3.63) is 65.2 Å². The van der Waals surface area contributed by atoms with Crippen molar-refractivity contribution in [1.29, 1.82) is 0 Å². The van der Waals surface area contributed by atoms with Crippen molar-refractivity contribution in [3.63, 3.8) is 0 Å². The van der Waals surface area contributed by atoms with E-state index in [9.17, 15) is 18.3 Å². The van der Waals surface area contributed by atoms with Crippen molar-refractivity contribution >= 4 is 34.3 Å². The summed E-state index contributed by atoms with van der Waals surface area (Å²) in [5.41, 5.74) is 9.22. The number of hydrogen-bond donors (Lipinski definition) is 3. The summed E-state index contributed by atoms with van der Waals surface area (Å²) in [6.45, 7) is 8.20. The van der Waals surface area contributed by atoms with Gasteiger partial charge in [-0.2, -0.15) is 4.98 Å². The highest BCUT2D eigenvalue weighted by molar-refractivity contribution is 7.92. The van der Waals surface area contributed by atoms with Crippen molar-refractivity contribution in [1.82, 2.24) is 9.97 Å². The molecule has 9 nitrogen and oxygen atoms in total. The van der Waals surface area contributed by atoms with Crippen LogP contribution in [-0.2, 0) is 10.0 Å². The number of nitrogens with one attached hydrogen (secondary N) is 1. The lowest BCUT2D eigenvalue weighted by Crippen LogP contribution is -2.29. The first-order valence-corrected chi connectivity index (χ1v) is 12.6. The van der Waals surface area contributed by atoms with E-state index in [-0.39, 0.29) is 47.3 Å². The molecule has 2 aromatic carbocycles. The van der Waals surface area contributed by atoms with Gasteiger partial charge in [0.2, 0.25) is 11.8 Å². The Bertz CT molecular complexity index is 1310. The van der Waals surface area contributed by atoms with Crippen molar-refractivity contribution < 1.29 is 23.1 Å². The van der Waals surface area contributed by atoms with Gasteiger partial charge in [-0.3, -0.25) is 0 Å². The summed E-state index contributed by atoms with van der Waals surface area (Å²) in [5.74, 6) is -0.857. The summed E-state index contributed by atoms with van der Waals surface area (Å²) >= 11 is 0. The number of aromatic carboxylic acids is 1. The van der Waals surface area contributed by atoms with E-state index in [4.69, 9.17) is 10.5 Å². The molecule has 0 amide bonds. The number of carboxylic acids is 1. The van der Waals surface area contributed by atoms with Gasteiger partial charge in [-0.25, -0.2) is 22.9 Å². The SMILES string of the molecule is Cc1cccc(C)c1-c1cc(OC[C@H](N)CC(C)C)nc(NS(=O)(=O)c2cccc(C(=O)O)c2)n1.Cl. The number of aryl methyl sites for hydroxylation is 2. The smallest absolute Gasteiger partial charge is 0.335 e. The quantitative estimate of drug-likeness (QED) is 0.346. The molecular formula is C25H31ClN4O5S. The Morgan fingerprint density at radius 2 is 1.72 bits per heavy atom. The number of sulfonamides is 1. The van der Waals surface area contributed by atoms with Crippen LogP contribution >= 0.6 is 12.4 Å². The Morgan fingerprint density at radius 1 is 1.08 bits per heavy atom. The molecule has 3 aromatic rings. The molecule has 0 saturated carbocycles. The Hall–Kier alpha value is -3.21. The van der Waals surface area contributed by atoms with Gasteiger partial charge in [0, 0.05) is 17.7 Å². The number of carboxylic acid groups (broad SMARTS) is 1. The molecule has 0 aliphatic rings. The highest BCUT2D eigenvalue weighted by Gasteiger charge is 2.20. The molecule has 1 aromatic heterocycles. The zero-order valence-corrected chi connectivity index (χ0v) is 22.2. The highest BCUT2D eigenvalue weighted by atomic mass is 35.5. The van der Waals surface area contributed by atoms with Crippen LogP contribution in [0.25, 0.3) is 11.3 Å². The standard InChI is InChI=1S/C25H30N4O5S.ClH/c1-15(2)11-19(26)14-34-22-13-21(23-16(3)7-5-8-17(23)4)27-25(28-22)29-35(32,33)20-10-6-9-18(12-20)24(30)31;/h5-10,12-13,15,19H,11,14,26H2,1-4H3,(H,30,31)(H,27,28,29);1H/t19-;/m1./s1. The van der Waals surface area contributed by atoms with Gasteiger partial charge in [0.15, 0.2) is 0 Å². The molecule has 0 aliphatic carbocycles. The second kappa shape index (κ2) is 12.2. The minimum absolute atomic E-state index is 0. The van der Waals surface area contributed by atoms with E-state index in [1.165, 1.54) is 18.2 Å². The second-order valence-electron chi connectivity index (χ2n) is 8.82. The van der Waals surface area contributed by atoms with E-state index in [0.29, 0.717) is 11.6 Å². The van der Waals surface area contributed by atoms with Crippen LogP contribution in [-0.4, -0.2) is 42.1 Å². The number of aromatic nitrogens is 2. The number of nitrogens with zero attached hydrogens (tertiary/aromatic N) is 2. The summed E-state index contributed by atoms with van der Waals surface area (Å²) in [5, 5.41) is 9.21. The first kappa shape index (κ1) is 29.0. The van der Waals surface area contributed by atoms with Gasteiger partial charge in [-0.05, 0) is 55.5 Å². The number of ether oxygens (including phenoxy) is 1. The number of benzene rings is 2. The lowest BCUT2D eigenvalue weighted by atomic mass is 10.00. The van der Waals surface area contributed by atoms with Crippen molar-refractivity contribution in [2.24, 2.45) is 11.7 Å². The lowest BCUT2D eigenvalue weighted by Gasteiger charge is -2.17. The molecular weight excluding hydrogens is 504 g/mol. The predicted octanol–water partition coefficient (Wildman–Crippen LogP) is 4.43. The molecule has 0 bridgehead atoms. The molecule has 1 heterocycles. The molecule has 11 heteroatoms. The number of anilines is 1. The van der Waals surface area contributed by atoms with Crippen molar-refractivity contribution in [3.8, 4) is 17.1 Å². The van der Waals surface area contributed by atoms with Crippen molar-refractivity contribution in [2.45, 2.75) is 45.1 Å². The van der Waals surface area contributed by atoms with Gasteiger partial charge < -0.3 is 15.6 Å². The maximum Gasteiger partial charge on any atom is 0.335 e. The topological polar surface area (TPSA) is 144 Å². The molecule has 0 unspecified atom stereocenters. The molecule has 194 valence electrons. The number of carbonyl (C=O) groups is 1. The minimum Gasteiger partial charge on any atom is -0.478 e. The van der Waals surface area contributed by atoms with Crippen molar-refractivity contribution in [2.75, 3.05) is 11.3 Å². The molecule has 0 radical (unpaired) electrons. The van der Waals surface area contributed by atoms with Crippen LogP contribution in [0.15, 0.2) is 53.4 Å². The maximum absolute atomic E-state index is 13.0. The third-order valence-electron chi connectivity index (χ3n) is 5.28. The summed E-state index contributed by atoms with van der Waals surface area (Å²) < 4.78 is 34.2. The molecule has 3 rings (SSSR count). The zero-order chi connectivity index (χ0) is 25.8. The van der Waals surface area contributed by atoms with E-state index in [0.717, 1.165) is 29.2 Å². The van der Waals surface area contributed by atoms with Crippen LogP contribution in [0.3, 0.4) is 0 Å². The Balaban J connectivity index is 0.00000456. The summed E-state index contributed by atoms with van der Waals surface area (Å²) in [6, 6.07) is 12.3. The van der Waals surface area contributed by atoms with Crippen LogP contribution in [0.2, 0.25) is 0 Å². The van der Waals surface area contributed by atoms with Gasteiger partial charge in [0.05, 0.1) is 16.2 Å². The third-order valence-corrected chi connectivity index (χ3v) is 6.60.